The third-order valence-electron chi connectivity index (χ3n) is 2.57. The van der Waals surface area contributed by atoms with Gasteiger partial charge in [0.15, 0.2) is 5.54 Å². The third kappa shape index (κ3) is 1.30. The summed E-state index contributed by atoms with van der Waals surface area (Å²) in [4.78, 5) is 16.2. The van der Waals surface area contributed by atoms with E-state index in [2.05, 4.69) is 5.48 Å². The Labute approximate surface area is 87.1 Å². The third-order valence-corrected chi connectivity index (χ3v) is 2.57. The SMILES string of the molecule is CC1=CONC1(C(=O)O)c1ccccc1. The van der Waals surface area contributed by atoms with Crippen molar-refractivity contribution >= 4 is 5.97 Å². The highest BCUT2D eigenvalue weighted by Crippen LogP contribution is 2.33. The Kier molecular flexibility index (Phi) is 2.21. The fourth-order valence-electron chi connectivity index (χ4n) is 1.69. The monoisotopic (exact) mass is 205 g/mol. The van der Waals surface area contributed by atoms with Crippen molar-refractivity contribution in [2.75, 3.05) is 0 Å². The molecule has 0 aliphatic carbocycles. The summed E-state index contributed by atoms with van der Waals surface area (Å²) < 4.78 is 0. The second kappa shape index (κ2) is 3.40. The van der Waals surface area contributed by atoms with Gasteiger partial charge in [0.05, 0.1) is 0 Å². The topological polar surface area (TPSA) is 58.6 Å². The van der Waals surface area contributed by atoms with E-state index in [4.69, 9.17) is 4.84 Å². The number of carboxylic acids is 1. The highest BCUT2D eigenvalue weighted by atomic mass is 16.7. The molecule has 0 radical (unpaired) electrons. The molecule has 0 fully saturated rings. The first-order chi connectivity index (χ1) is 7.18. The molecule has 0 bridgehead atoms. The van der Waals surface area contributed by atoms with E-state index >= 15 is 0 Å². The lowest BCUT2D eigenvalue weighted by Gasteiger charge is -2.24. The Morgan fingerprint density at radius 2 is 2.07 bits per heavy atom. The van der Waals surface area contributed by atoms with Crippen molar-refractivity contribution in [3.05, 3.63) is 47.7 Å². The molecule has 0 saturated heterocycles. The Bertz CT molecular complexity index is 413. The van der Waals surface area contributed by atoms with Crippen molar-refractivity contribution in [1.29, 1.82) is 0 Å². The van der Waals surface area contributed by atoms with Crippen molar-refractivity contribution in [1.82, 2.24) is 5.48 Å². The van der Waals surface area contributed by atoms with Crippen LogP contribution >= 0.6 is 0 Å². The van der Waals surface area contributed by atoms with Gasteiger partial charge in [-0.25, -0.2) is 4.79 Å². The van der Waals surface area contributed by atoms with Gasteiger partial charge in [0, 0.05) is 5.57 Å². The van der Waals surface area contributed by atoms with Crippen LogP contribution in [-0.4, -0.2) is 11.1 Å². The fourth-order valence-corrected chi connectivity index (χ4v) is 1.69. The molecule has 0 saturated carbocycles. The zero-order valence-corrected chi connectivity index (χ0v) is 8.23. The summed E-state index contributed by atoms with van der Waals surface area (Å²) in [5, 5.41) is 9.30. The van der Waals surface area contributed by atoms with E-state index in [9.17, 15) is 9.90 Å². The smallest absolute Gasteiger partial charge is 0.336 e. The van der Waals surface area contributed by atoms with Crippen molar-refractivity contribution in [3.63, 3.8) is 0 Å². The first-order valence-corrected chi connectivity index (χ1v) is 4.57. The molecule has 1 heterocycles. The number of hydrogen-bond donors (Lipinski definition) is 2. The summed E-state index contributed by atoms with van der Waals surface area (Å²) in [6.07, 6.45) is 1.42. The molecule has 1 aromatic rings. The number of carbonyl (C=O) groups is 1. The minimum absolute atomic E-state index is 0.626. The number of nitrogens with one attached hydrogen (secondary N) is 1. The lowest BCUT2D eigenvalue weighted by atomic mass is 9.85. The zero-order chi connectivity index (χ0) is 10.9. The van der Waals surface area contributed by atoms with Crippen LogP contribution in [0.3, 0.4) is 0 Å². The van der Waals surface area contributed by atoms with Gasteiger partial charge in [0.25, 0.3) is 0 Å². The minimum Gasteiger partial charge on any atom is -0.479 e. The molecule has 1 aromatic carbocycles. The van der Waals surface area contributed by atoms with Crippen LogP contribution in [0.15, 0.2) is 42.2 Å². The molecule has 2 rings (SSSR count). The van der Waals surface area contributed by atoms with E-state index < -0.39 is 11.5 Å². The van der Waals surface area contributed by atoms with Gasteiger partial charge in [-0.2, -0.15) is 0 Å². The molecule has 1 aliphatic heterocycles. The summed E-state index contributed by atoms with van der Waals surface area (Å²) in [6, 6.07) is 8.95. The van der Waals surface area contributed by atoms with Gasteiger partial charge >= 0.3 is 5.97 Å². The predicted octanol–water partition coefficient (Wildman–Crippen LogP) is 1.41. The van der Waals surface area contributed by atoms with E-state index in [-0.39, 0.29) is 0 Å². The quantitative estimate of drug-likeness (QED) is 0.766. The van der Waals surface area contributed by atoms with Crippen LogP contribution in [0.2, 0.25) is 0 Å². The number of benzene rings is 1. The Morgan fingerprint density at radius 3 is 2.53 bits per heavy atom. The van der Waals surface area contributed by atoms with E-state index in [1.54, 1.807) is 31.2 Å². The van der Waals surface area contributed by atoms with Gasteiger partial charge in [-0.3, -0.25) is 0 Å². The van der Waals surface area contributed by atoms with Crippen LogP contribution in [0.1, 0.15) is 12.5 Å². The number of rotatable bonds is 2. The largest absolute Gasteiger partial charge is 0.479 e. The number of hydroxylamine groups is 1. The van der Waals surface area contributed by atoms with Gasteiger partial charge < -0.3 is 9.94 Å². The molecule has 1 atom stereocenters. The molecule has 1 aliphatic rings. The maximum atomic E-state index is 11.4. The molecule has 4 heteroatoms. The molecular formula is C11H11NO3. The summed E-state index contributed by atoms with van der Waals surface area (Å²) >= 11 is 0. The second-order valence-electron chi connectivity index (χ2n) is 3.44. The van der Waals surface area contributed by atoms with E-state index in [1.165, 1.54) is 6.26 Å². The first kappa shape index (κ1) is 9.73. The van der Waals surface area contributed by atoms with Crippen molar-refractivity contribution in [2.24, 2.45) is 0 Å². The molecular weight excluding hydrogens is 194 g/mol. The van der Waals surface area contributed by atoms with Gasteiger partial charge in [0.2, 0.25) is 0 Å². The lowest BCUT2D eigenvalue weighted by molar-refractivity contribution is -0.146. The van der Waals surface area contributed by atoms with Crippen LogP contribution in [0.25, 0.3) is 0 Å². The number of carboxylic acid groups (broad SMARTS) is 1. The van der Waals surface area contributed by atoms with Gasteiger partial charge in [0.1, 0.15) is 6.26 Å². The van der Waals surface area contributed by atoms with Crippen LogP contribution in [-0.2, 0) is 15.2 Å². The van der Waals surface area contributed by atoms with Gasteiger partial charge in [-0.05, 0) is 12.5 Å². The summed E-state index contributed by atoms with van der Waals surface area (Å²) in [7, 11) is 0. The van der Waals surface area contributed by atoms with Crippen LogP contribution in [0.4, 0.5) is 0 Å². The van der Waals surface area contributed by atoms with Crippen LogP contribution in [0, 0.1) is 0 Å². The first-order valence-electron chi connectivity index (χ1n) is 4.57. The lowest BCUT2D eigenvalue weighted by Crippen LogP contribution is -2.46. The molecule has 0 amide bonds. The maximum absolute atomic E-state index is 11.4. The normalized spacial score (nSPS) is 24.5. The number of aliphatic carboxylic acids is 1. The average molecular weight is 205 g/mol. The standard InChI is InChI=1S/C11H11NO3/c1-8-7-15-12-11(8,10(13)14)9-5-3-2-4-6-9/h2-7,12H,1H3,(H,13,14). The summed E-state index contributed by atoms with van der Waals surface area (Å²) in [6.45, 7) is 1.72. The maximum Gasteiger partial charge on any atom is 0.336 e. The molecule has 0 aromatic heterocycles. The Hall–Kier alpha value is -1.81. The van der Waals surface area contributed by atoms with Crippen molar-refractivity contribution < 1.29 is 14.7 Å². The van der Waals surface area contributed by atoms with Crippen molar-refractivity contribution in [3.8, 4) is 0 Å². The van der Waals surface area contributed by atoms with Crippen molar-refractivity contribution in [2.45, 2.75) is 12.5 Å². The Balaban J connectivity index is 2.55. The van der Waals surface area contributed by atoms with E-state index in [0.717, 1.165) is 0 Å². The van der Waals surface area contributed by atoms with Crippen LogP contribution < -0.4 is 5.48 Å². The van der Waals surface area contributed by atoms with E-state index in [0.29, 0.717) is 11.1 Å². The fraction of sp³-hybridized carbons (Fsp3) is 0.182. The predicted molar refractivity (Wildman–Crippen MR) is 53.7 cm³/mol. The minimum atomic E-state index is -1.25. The summed E-state index contributed by atoms with van der Waals surface area (Å²) in [5.41, 5.74) is 2.58. The zero-order valence-electron chi connectivity index (χ0n) is 8.23. The average Bonchev–Trinajstić information content (AvgIpc) is 2.62. The Morgan fingerprint density at radius 1 is 1.40 bits per heavy atom. The van der Waals surface area contributed by atoms with Gasteiger partial charge in [-0.15, -0.1) is 5.48 Å². The molecule has 1 unspecified atom stereocenters. The molecule has 2 N–H and O–H groups in total. The molecule has 0 spiro atoms. The number of hydrogen-bond acceptors (Lipinski definition) is 3. The summed E-state index contributed by atoms with van der Waals surface area (Å²) in [5.74, 6) is -0.972. The molecule has 78 valence electrons. The van der Waals surface area contributed by atoms with Gasteiger partial charge in [-0.1, -0.05) is 30.3 Å². The highest BCUT2D eigenvalue weighted by Gasteiger charge is 2.46. The van der Waals surface area contributed by atoms with Crippen LogP contribution in [0.5, 0.6) is 0 Å². The van der Waals surface area contributed by atoms with E-state index in [1.807, 2.05) is 6.07 Å². The second-order valence-corrected chi connectivity index (χ2v) is 3.44. The molecule has 15 heavy (non-hydrogen) atoms. The molecule has 4 nitrogen and oxygen atoms in total. The highest BCUT2D eigenvalue weighted by molar-refractivity contribution is 5.85.